The minimum Gasteiger partial charge on any atom is -0.508 e. The van der Waals surface area contributed by atoms with Crippen LogP contribution in [-0.4, -0.2) is 61.2 Å². The number of rotatable bonds is 5. The molecule has 1 fully saturated rings. The maximum atomic E-state index is 13.7. The van der Waals surface area contributed by atoms with Gasteiger partial charge in [0.25, 0.3) is 0 Å². The Balaban J connectivity index is 1.76. The molecule has 0 spiro atoms. The van der Waals surface area contributed by atoms with Gasteiger partial charge in [0, 0.05) is 56.9 Å². The van der Waals surface area contributed by atoms with Crippen molar-refractivity contribution in [1.82, 2.24) is 15.1 Å². The maximum Gasteiger partial charge on any atom is 0.131 e. The highest BCUT2D eigenvalue weighted by molar-refractivity contribution is 5.29. The summed E-state index contributed by atoms with van der Waals surface area (Å²) in [5.74, 6) is -0.388. The van der Waals surface area contributed by atoms with Gasteiger partial charge >= 0.3 is 0 Å². The van der Waals surface area contributed by atoms with Crippen LogP contribution >= 0.6 is 0 Å². The van der Waals surface area contributed by atoms with Crippen molar-refractivity contribution in [3.63, 3.8) is 0 Å². The highest BCUT2D eigenvalue weighted by Gasteiger charge is 2.14. The minimum atomic E-state index is -0.357. The van der Waals surface area contributed by atoms with E-state index < -0.39 is 0 Å². The number of piperazine rings is 1. The van der Waals surface area contributed by atoms with Crippen LogP contribution < -0.4 is 5.32 Å². The molecule has 0 bridgehead atoms. The first-order chi connectivity index (χ1) is 9.56. The van der Waals surface area contributed by atoms with Gasteiger partial charge in [-0.2, -0.15) is 0 Å². The van der Waals surface area contributed by atoms with Crippen molar-refractivity contribution in [2.24, 2.45) is 0 Å². The average Bonchev–Trinajstić information content (AvgIpc) is 2.41. The van der Waals surface area contributed by atoms with Crippen molar-refractivity contribution in [3.05, 3.63) is 29.6 Å². The molecule has 0 saturated carbocycles. The third kappa shape index (κ3) is 4.16. The molecule has 1 unspecified atom stereocenters. The second-order valence-corrected chi connectivity index (χ2v) is 5.53. The smallest absolute Gasteiger partial charge is 0.131 e. The van der Waals surface area contributed by atoms with Crippen molar-refractivity contribution in [2.75, 3.05) is 46.3 Å². The zero-order valence-electron chi connectivity index (χ0n) is 12.3. The van der Waals surface area contributed by atoms with E-state index in [1.54, 1.807) is 6.07 Å². The summed E-state index contributed by atoms with van der Waals surface area (Å²) in [6.45, 7) is 8.19. The molecule has 0 aromatic heterocycles. The number of benzene rings is 1. The Morgan fingerprint density at radius 3 is 2.65 bits per heavy atom. The van der Waals surface area contributed by atoms with Crippen molar-refractivity contribution < 1.29 is 9.50 Å². The second kappa shape index (κ2) is 7.02. The van der Waals surface area contributed by atoms with Crippen molar-refractivity contribution >= 4 is 0 Å². The molecule has 1 aliphatic rings. The maximum absolute atomic E-state index is 13.7. The Morgan fingerprint density at radius 1 is 1.30 bits per heavy atom. The number of phenols is 1. The topological polar surface area (TPSA) is 38.7 Å². The predicted molar refractivity (Wildman–Crippen MR) is 78.4 cm³/mol. The first-order valence-corrected chi connectivity index (χ1v) is 7.19. The number of likely N-dealkylation sites (N-methyl/N-ethyl adjacent to an activating group) is 1. The van der Waals surface area contributed by atoms with E-state index in [2.05, 4.69) is 22.2 Å². The molecular formula is C15H24FN3O. The molecule has 1 atom stereocenters. The summed E-state index contributed by atoms with van der Waals surface area (Å²) in [5.41, 5.74) is 0.598. The van der Waals surface area contributed by atoms with Gasteiger partial charge in [-0.15, -0.1) is 0 Å². The van der Waals surface area contributed by atoms with E-state index in [-0.39, 0.29) is 17.6 Å². The van der Waals surface area contributed by atoms with Crippen molar-refractivity contribution in [1.29, 1.82) is 0 Å². The molecule has 4 nitrogen and oxygen atoms in total. The molecule has 1 aliphatic heterocycles. The molecular weight excluding hydrogens is 257 g/mol. The zero-order valence-corrected chi connectivity index (χ0v) is 12.3. The van der Waals surface area contributed by atoms with Crippen LogP contribution in [0, 0.1) is 5.82 Å². The lowest BCUT2D eigenvalue weighted by atomic mass is 10.1. The lowest BCUT2D eigenvalue weighted by molar-refractivity contribution is 0.154. The molecule has 1 heterocycles. The fraction of sp³-hybridized carbons (Fsp3) is 0.600. The van der Waals surface area contributed by atoms with Gasteiger partial charge in [-0.05, 0) is 20.0 Å². The Hall–Kier alpha value is -1.17. The summed E-state index contributed by atoms with van der Waals surface area (Å²) in [5, 5.41) is 12.6. The summed E-state index contributed by atoms with van der Waals surface area (Å²) in [6, 6.07) is 4.27. The van der Waals surface area contributed by atoms with Crippen LogP contribution in [0.4, 0.5) is 4.39 Å². The minimum absolute atomic E-state index is 0.0316. The van der Waals surface area contributed by atoms with Crippen LogP contribution in [0.2, 0.25) is 0 Å². The second-order valence-electron chi connectivity index (χ2n) is 5.53. The van der Waals surface area contributed by atoms with Crippen molar-refractivity contribution in [3.8, 4) is 5.75 Å². The molecule has 1 aromatic rings. The largest absolute Gasteiger partial charge is 0.508 e. The van der Waals surface area contributed by atoms with E-state index >= 15 is 0 Å². The van der Waals surface area contributed by atoms with Crippen LogP contribution in [0.1, 0.15) is 18.5 Å². The van der Waals surface area contributed by atoms with Gasteiger partial charge in [0.15, 0.2) is 0 Å². The Kier molecular flexibility index (Phi) is 5.34. The van der Waals surface area contributed by atoms with E-state index in [1.807, 2.05) is 6.92 Å². The highest BCUT2D eigenvalue weighted by Crippen LogP contribution is 2.20. The van der Waals surface area contributed by atoms with Crippen LogP contribution in [0.15, 0.2) is 18.2 Å². The number of nitrogens with zero attached hydrogens (tertiary/aromatic N) is 2. The Labute approximate surface area is 120 Å². The number of hydrogen-bond acceptors (Lipinski definition) is 4. The summed E-state index contributed by atoms with van der Waals surface area (Å²) in [7, 11) is 2.14. The lowest BCUT2D eigenvalue weighted by Crippen LogP contribution is -2.46. The van der Waals surface area contributed by atoms with Gasteiger partial charge in [0.2, 0.25) is 0 Å². The molecule has 0 amide bonds. The van der Waals surface area contributed by atoms with E-state index in [1.165, 1.54) is 6.07 Å². The van der Waals surface area contributed by atoms with Crippen LogP contribution in [-0.2, 0) is 0 Å². The first kappa shape index (κ1) is 15.2. The quantitative estimate of drug-likeness (QED) is 0.856. The Bertz CT molecular complexity index is 433. The summed E-state index contributed by atoms with van der Waals surface area (Å²) in [4.78, 5) is 4.76. The third-order valence-corrected chi connectivity index (χ3v) is 3.92. The standard InChI is InChI=1S/C15H24FN3O/c1-12(14-4-3-13(20)11-15(14)16)17-5-6-19-9-7-18(2)8-10-19/h3-4,11-12,17,20H,5-10H2,1-2H3. The molecule has 0 aliphatic carbocycles. The van der Waals surface area contributed by atoms with Gasteiger partial charge in [-0.3, -0.25) is 4.90 Å². The Morgan fingerprint density at radius 2 is 2.00 bits per heavy atom. The molecule has 2 rings (SSSR count). The molecule has 112 valence electrons. The highest BCUT2D eigenvalue weighted by atomic mass is 19.1. The number of phenolic OH excluding ortho intramolecular Hbond substituents is 1. The van der Waals surface area contributed by atoms with E-state index in [0.29, 0.717) is 5.56 Å². The lowest BCUT2D eigenvalue weighted by Gasteiger charge is -2.32. The predicted octanol–water partition coefficient (Wildman–Crippen LogP) is 1.43. The SMILES string of the molecule is CC(NCCN1CCN(C)CC1)c1ccc(O)cc1F. The molecule has 1 saturated heterocycles. The molecule has 2 N–H and O–H groups in total. The van der Waals surface area contributed by atoms with Crippen LogP contribution in [0.5, 0.6) is 5.75 Å². The average molecular weight is 281 g/mol. The van der Waals surface area contributed by atoms with E-state index in [4.69, 9.17) is 0 Å². The van der Waals surface area contributed by atoms with Crippen LogP contribution in [0.3, 0.4) is 0 Å². The molecule has 0 radical (unpaired) electrons. The summed E-state index contributed by atoms with van der Waals surface area (Å²) < 4.78 is 13.7. The van der Waals surface area contributed by atoms with E-state index in [9.17, 15) is 9.50 Å². The zero-order chi connectivity index (χ0) is 14.5. The van der Waals surface area contributed by atoms with Gasteiger partial charge in [0.1, 0.15) is 11.6 Å². The summed E-state index contributed by atoms with van der Waals surface area (Å²) in [6.07, 6.45) is 0. The summed E-state index contributed by atoms with van der Waals surface area (Å²) >= 11 is 0. The van der Waals surface area contributed by atoms with Crippen molar-refractivity contribution in [2.45, 2.75) is 13.0 Å². The normalized spacial score (nSPS) is 19.1. The molecule has 20 heavy (non-hydrogen) atoms. The number of hydrogen-bond donors (Lipinski definition) is 2. The van der Waals surface area contributed by atoms with Gasteiger partial charge in [-0.25, -0.2) is 4.39 Å². The molecule has 1 aromatic carbocycles. The molecule has 5 heteroatoms. The monoisotopic (exact) mass is 281 g/mol. The first-order valence-electron chi connectivity index (χ1n) is 7.19. The fourth-order valence-corrected chi connectivity index (χ4v) is 2.49. The number of nitrogens with one attached hydrogen (secondary N) is 1. The third-order valence-electron chi connectivity index (χ3n) is 3.92. The van der Waals surface area contributed by atoms with Gasteiger partial charge in [-0.1, -0.05) is 6.07 Å². The van der Waals surface area contributed by atoms with E-state index in [0.717, 1.165) is 45.3 Å². The fourth-order valence-electron chi connectivity index (χ4n) is 2.49. The van der Waals surface area contributed by atoms with Gasteiger partial charge in [0.05, 0.1) is 0 Å². The van der Waals surface area contributed by atoms with Crippen LogP contribution in [0.25, 0.3) is 0 Å². The number of aromatic hydroxyl groups is 1. The van der Waals surface area contributed by atoms with Gasteiger partial charge < -0.3 is 15.3 Å². The number of halogens is 1.